The monoisotopic (exact) mass is 317 g/mol. The molecule has 19 heavy (non-hydrogen) atoms. The van der Waals surface area contributed by atoms with Gasteiger partial charge in [0.15, 0.2) is 0 Å². The van der Waals surface area contributed by atoms with Gasteiger partial charge in [0.25, 0.3) is 0 Å². The number of thioether (sulfide) groups is 1. The van der Waals surface area contributed by atoms with E-state index in [2.05, 4.69) is 5.32 Å². The number of hydrogen-bond donors (Lipinski definition) is 1. The van der Waals surface area contributed by atoms with E-state index < -0.39 is 0 Å². The van der Waals surface area contributed by atoms with Crippen molar-refractivity contribution in [2.24, 2.45) is 0 Å². The van der Waals surface area contributed by atoms with Crippen LogP contribution >= 0.6 is 35.0 Å². The Morgan fingerprint density at radius 1 is 1.37 bits per heavy atom. The normalized spacial score (nSPS) is 30.7. The molecular weight excluding hydrogens is 301 g/mol. The van der Waals surface area contributed by atoms with Gasteiger partial charge in [-0.3, -0.25) is 0 Å². The van der Waals surface area contributed by atoms with E-state index in [1.165, 1.54) is 12.2 Å². The van der Waals surface area contributed by atoms with Crippen molar-refractivity contribution < 1.29 is 4.74 Å². The number of hydrogen-bond acceptors (Lipinski definition) is 3. The number of benzene rings is 1. The average Bonchev–Trinajstić information content (AvgIpc) is 2.82. The molecule has 0 saturated carbocycles. The van der Waals surface area contributed by atoms with E-state index >= 15 is 0 Å². The molecule has 2 aliphatic rings. The lowest BCUT2D eigenvalue weighted by atomic mass is 9.90. The predicted octanol–water partition coefficient (Wildman–Crippen LogP) is 4.46. The Morgan fingerprint density at radius 3 is 3.05 bits per heavy atom. The molecule has 0 amide bonds. The van der Waals surface area contributed by atoms with Gasteiger partial charge in [-0.1, -0.05) is 23.2 Å². The first-order chi connectivity index (χ1) is 9.17. The molecule has 2 aliphatic heterocycles. The number of anilines is 1. The van der Waals surface area contributed by atoms with E-state index in [-0.39, 0.29) is 5.60 Å². The molecule has 2 unspecified atom stereocenters. The van der Waals surface area contributed by atoms with E-state index in [4.69, 9.17) is 27.9 Å². The van der Waals surface area contributed by atoms with Crippen molar-refractivity contribution in [2.45, 2.75) is 30.9 Å². The average molecular weight is 318 g/mol. The SMILES string of the molecule is Clc1ccc(Cl)c(NC2CCOC3(CCSC3)C2)c1. The van der Waals surface area contributed by atoms with E-state index in [0.717, 1.165) is 35.9 Å². The molecule has 2 atom stereocenters. The smallest absolute Gasteiger partial charge is 0.0799 e. The summed E-state index contributed by atoms with van der Waals surface area (Å²) in [5.41, 5.74) is 1.02. The first kappa shape index (κ1) is 13.9. The Balaban J connectivity index is 1.70. The van der Waals surface area contributed by atoms with Crippen LogP contribution in [0.25, 0.3) is 0 Å². The summed E-state index contributed by atoms with van der Waals surface area (Å²) < 4.78 is 6.03. The molecule has 104 valence electrons. The summed E-state index contributed by atoms with van der Waals surface area (Å²) in [5.74, 6) is 2.33. The largest absolute Gasteiger partial charge is 0.381 e. The van der Waals surface area contributed by atoms with Gasteiger partial charge < -0.3 is 10.1 Å². The molecule has 1 N–H and O–H groups in total. The number of halogens is 2. The van der Waals surface area contributed by atoms with Gasteiger partial charge in [0, 0.05) is 23.4 Å². The minimum absolute atomic E-state index is 0.0889. The fourth-order valence-corrected chi connectivity index (χ4v) is 4.56. The van der Waals surface area contributed by atoms with Crippen LogP contribution in [0.5, 0.6) is 0 Å². The summed E-state index contributed by atoms with van der Waals surface area (Å²) in [4.78, 5) is 0. The van der Waals surface area contributed by atoms with Gasteiger partial charge in [-0.25, -0.2) is 0 Å². The zero-order valence-corrected chi connectivity index (χ0v) is 13.0. The number of rotatable bonds is 2. The molecule has 5 heteroatoms. The Morgan fingerprint density at radius 2 is 2.26 bits per heavy atom. The van der Waals surface area contributed by atoms with Crippen LogP contribution in [0.4, 0.5) is 5.69 Å². The Hall–Kier alpha value is -0.0900. The molecular formula is C14H17Cl2NOS. The fourth-order valence-electron chi connectivity index (χ4n) is 2.84. The highest BCUT2D eigenvalue weighted by Gasteiger charge is 2.40. The molecule has 2 fully saturated rings. The molecule has 2 nitrogen and oxygen atoms in total. The van der Waals surface area contributed by atoms with Crippen molar-refractivity contribution in [3.8, 4) is 0 Å². The molecule has 0 aromatic heterocycles. The van der Waals surface area contributed by atoms with Gasteiger partial charge in [0.2, 0.25) is 0 Å². The predicted molar refractivity (Wildman–Crippen MR) is 83.7 cm³/mol. The summed E-state index contributed by atoms with van der Waals surface area (Å²) in [5, 5.41) is 4.98. The molecule has 1 spiro atoms. The molecule has 0 radical (unpaired) electrons. The highest BCUT2D eigenvalue weighted by molar-refractivity contribution is 7.99. The van der Waals surface area contributed by atoms with Crippen LogP contribution < -0.4 is 5.32 Å². The van der Waals surface area contributed by atoms with E-state index in [1.807, 2.05) is 30.0 Å². The summed E-state index contributed by atoms with van der Waals surface area (Å²) >= 11 is 14.2. The third-order valence-corrected chi connectivity index (χ3v) is 5.64. The third-order valence-electron chi connectivity index (χ3n) is 3.85. The lowest BCUT2D eigenvalue weighted by Crippen LogP contribution is -2.44. The van der Waals surface area contributed by atoms with Gasteiger partial charge in [-0.15, -0.1) is 0 Å². The van der Waals surface area contributed by atoms with Crippen LogP contribution in [0.2, 0.25) is 10.0 Å². The van der Waals surface area contributed by atoms with Crippen molar-refractivity contribution in [2.75, 3.05) is 23.4 Å². The highest BCUT2D eigenvalue weighted by atomic mass is 35.5. The maximum Gasteiger partial charge on any atom is 0.0799 e. The molecule has 2 heterocycles. The Bertz CT molecular complexity index is 463. The van der Waals surface area contributed by atoms with Gasteiger partial charge in [0.1, 0.15) is 0 Å². The van der Waals surface area contributed by atoms with Crippen molar-refractivity contribution in [3.05, 3.63) is 28.2 Å². The van der Waals surface area contributed by atoms with Crippen LogP contribution in [0.1, 0.15) is 19.3 Å². The second-order valence-corrected chi connectivity index (χ2v) is 7.24. The molecule has 1 aromatic rings. The van der Waals surface area contributed by atoms with Gasteiger partial charge in [-0.2, -0.15) is 11.8 Å². The van der Waals surface area contributed by atoms with Gasteiger partial charge in [0.05, 0.1) is 16.3 Å². The lowest BCUT2D eigenvalue weighted by Gasteiger charge is -2.38. The summed E-state index contributed by atoms with van der Waals surface area (Å²) in [6, 6.07) is 5.97. The third kappa shape index (κ3) is 3.15. The van der Waals surface area contributed by atoms with Crippen LogP contribution in [0.3, 0.4) is 0 Å². The Labute approximate surface area is 128 Å². The van der Waals surface area contributed by atoms with Crippen LogP contribution in [-0.2, 0) is 4.74 Å². The summed E-state index contributed by atoms with van der Waals surface area (Å²) in [6.07, 6.45) is 3.25. The fraction of sp³-hybridized carbons (Fsp3) is 0.571. The maximum atomic E-state index is 6.21. The second kappa shape index (κ2) is 5.72. The summed E-state index contributed by atoms with van der Waals surface area (Å²) in [6.45, 7) is 0.830. The van der Waals surface area contributed by atoms with Crippen molar-refractivity contribution in [3.63, 3.8) is 0 Å². The van der Waals surface area contributed by atoms with Crippen molar-refractivity contribution in [1.29, 1.82) is 0 Å². The minimum Gasteiger partial charge on any atom is -0.381 e. The quantitative estimate of drug-likeness (QED) is 0.870. The first-order valence-corrected chi connectivity index (χ1v) is 8.51. The topological polar surface area (TPSA) is 21.3 Å². The standard InChI is InChI=1S/C14H17Cl2NOS/c15-10-1-2-12(16)13(7-10)17-11-3-5-18-14(8-11)4-6-19-9-14/h1-2,7,11,17H,3-6,8-9H2. The zero-order valence-electron chi connectivity index (χ0n) is 10.6. The highest BCUT2D eigenvalue weighted by Crippen LogP contribution is 2.39. The second-order valence-electron chi connectivity index (χ2n) is 5.29. The molecule has 0 aliphatic carbocycles. The van der Waals surface area contributed by atoms with E-state index in [9.17, 15) is 0 Å². The van der Waals surface area contributed by atoms with Crippen LogP contribution in [-0.4, -0.2) is 29.8 Å². The van der Waals surface area contributed by atoms with Crippen LogP contribution in [0.15, 0.2) is 18.2 Å². The maximum absolute atomic E-state index is 6.21. The minimum atomic E-state index is 0.0889. The van der Waals surface area contributed by atoms with Crippen molar-refractivity contribution in [1.82, 2.24) is 0 Å². The number of nitrogens with one attached hydrogen (secondary N) is 1. The molecule has 1 aromatic carbocycles. The summed E-state index contributed by atoms with van der Waals surface area (Å²) in [7, 11) is 0. The zero-order chi connectivity index (χ0) is 13.3. The first-order valence-electron chi connectivity index (χ1n) is 6.60. The van der Waals surface area contributed by atoms with Gasteiger partial charge >= 0.3 is 0 Å². The Kier molecular flexibility index (Phi) is 4.18. The molecule has 3 rings (SSSR count). The molecule has 0 bridgehead atoms. The van der Waals surface area contributed by atoms with Gasteiger partial charge in [-0.05, 0) is 43.2 Å². The molecule has 2 saturated heterocycles. The lowest BCUT2D eigenvalue weighted by molar-refractivity contribution is -0.0628. The van der Waals surface area contributed by atoms with Crippen molar-refractivity contribution >= 4 is 40.7 Å². The van der Waals surface area contributed by atoms with E-state index in [1.54, 1.807) is 0 Å². The van der Waals surface area contributed by atoms with E-state index in [0.29, 0.717) is 11.1 Å². The number of ether oxygens (including phenoxy) is 1. The van der Waals surface area contributed by atoms with Crippen LogP contribution in [0, 0.1) is 0 Å².